The minimum atomic E-state index is 1.11. The highest BCUT2D eigenvalue weighted by atomic mass is 16.3. The molecule has 0 aliphatic rings. The minimum Gasteiger partial charge on any atom is -0.472 e. The van der Waals surface area contributed by atoms with Crippen molar-refractivity contribution in [3.05, 3.63) is 24.2 Å². The Bertz CT molecular complexity index is 182. The van der Waals surface area contributed by atoms with Gasteiger partial charge in [0, 0.05) is 0 Å². The summed E-state index contributed by atoms with van der Waals surface area (Å²) in [5, 5.41) is 3.37. The summed E-state index contributed by atoms with van der Waals surface area (Å²) < 4.78 is 4.97. The van der Waals surface area contributed by atoms with Crippen LogP contribution in [0.1, 0.15) is 25.3 Å². The van der Waals surface area contributed by atoms with E-state index in [4.69, 9.17) is 4.42 Å². The van der Waals surface area contributed by atoms with Crippen LogP contribution in [0, 0.1) is 0 Å². The summed E-state index contributed by atoms with van der Waals surface area (Å²) in [7, 11) is 0. The van der Waals surface area contributed by atoms with E-state index in [1.807, 2.05) is 12.3 Å². The quantitative estimate of drug-likeness (QED) is 0.657. The second kappa shape index (κ2) is 5.84. The molecule has 68 valence electrons. The second-order valence-corrected chi connectivity index (χ2v) is 2.99. The molecule has 12 heavy (non-hydrogen) atoms. The Balaban J connectivity index is 1.96. The number of aryl methyl sites for hydroxylation is 1. The highest BCUT2D eigenvalue weighted by molar-refractivity contribution is 5.04. The fourth-order valence-electron chi connectivity index (χ4n) is 1.15. The Morgan fingerprint density at radius 1 is 1.42 bits per heavy atom. The lowest BCUT2D eigenvalue weighted by molar-refractivity contribution is 0.561. The summed E-state index contributed by atoms with van der Waals surface area (Å²) in [6.07, 6.45) is 7.08. The standard InChI is InChI=1S/C10H17NO/c1-2-6-11-7-3-4-10-5-8-12-9-10/h5,8-9,11H,2-4,6-7H2,1H3. The van der Waals surface area contributed by atoms with Gasteiger partial charge >= 0.3 is 0 Å². The largest absolute Gasteiger partial charge is 0.472 e. The van der Waals surface area contributed by atoms with Crippen LogP contribution in [0.3, 0.4) is 0 Å². The van der Waals surface area contributed by atoms with Gasteiger partial charge in [-0.05, 0) is 44.0 Å². The SMILES string of the molecule is CCCNCCCc1ccoc1. The first-order chi connectivity index (χ1) is 5.93. The highest BCUT2D eigenvalue weighted by Gasteiger charge is 1.92. The predicted octanol–water partition coefficient (Wildman–Crippen LogP) is 2.21. The lowest BCUT2D eigenvalue weighted by Gasteiger charge is -2.00. The molecule has 0 radical (unpaired) electrons. The maximum absolute atomic E-state index is 4.97. The van der Waals surface area contributed by atoms with Crippen molar-refractivity contribution >= 4 is 0 Å². The maximum Gasteiger partial charge on any atom is 0.0934 e. The predicted molar refractivity (Wildman–Crippen MR) is 50.2 cm³/mol. The van der Waals surface area contributed by atoms with Crippen molar-refractivity contribution in [2.24, 2.45) is 0 Å². The van der Waals surface area contributed by atoms with Gasteiger partial charge in [-0.15, -0.1) is 0 Å². The number of rotatable bonds is 6. The van der Waals surface area contributed by atoms with Crippen molar-refractivity contribution in [1.29, 1.82) is 0 Å². The van der Waals surface area contributed by atoms with E-state index in [0.29, 0.717) is 0 Å². The van der Waals surface area contributed by atoms with E-state index in [0.717, 1.165) is 19.5 Å². The first kappa shape index (κ1) is 9.33. The van der Waals surface area contributed by atoms with E-state index in [9.17, 15) is 0 Å². The van der Waals surface area contributed by atoms with Gasteiger partial charge in [-0.1, -0.05) is 6.92 Å². The molecule has 0 aromatic carbocycles. The van der Waals surface area contributed by atoms with E-state index in [1.165, 1.54) is 18.4 Å². The van der Waals surface area contributed by atoms with Crippen molar-refractivity contribution in [3.8, 4) is 0 Å². The zero-order chi connectivity index (χ0) is 8.65. The van der Waals surface area contributed by atoms with Crippen LogP contribution in [0.2, 0.25) is 0 Å². The van der Waals surface area contributed by atoms with Gasteiger partial charge in [0.2, 0.25) is 0 Å². The Morgan fingerprint density at radius 2 is 2.33 bits per heavy atom. The third-order valence-electron chi connectivity index (χ3n) is 1.83. The summed E-state index contributed by atoms with van der Waals surface area (Å²) in [5.74, 6) is 0. The third-order valence-corrected chi connectivity index (χ3v) is 1.83. The summed E-state index contributed by atoms with van der Waals surface area (Å²) in [6.45, 7) is 4.42. The molecule has 0 aliphatic heterocycles. The normalized spacial score (nSPS) is 10.4. The van der Waals surface area contributed by atoms with Crippen molar-refractivity contribution in [1.82, 2.24) is 5.32 Å². The van der Waals surface area contributed by atoms with Gasteiger partial charge in [0.1, 0.15) is 0 Å². The minimum absolute atomic E-state index is 1.11. The molecule has 0 bridgehead atoms. The Kier molecular flexibility index (Phi) is 4.54. The molecule has 0 unspecified atom stereocenters. The summed E-state index contributed by atoms with van der Waals surface area (Å²) in [6, 6.07) is 2.03. The molecule has 0 aliphatic carbocycles. The van der Waals surface area contributed by atoms with Crippen molar-refractivity contribution in [3.63, 3.8) is 0 Å². The molecule has 2 nitrogen and oxygen atoms in total. The first-order valence-electron chi connectivity index (χ1n) is 4.65. The number of nitrogens with one attached hydrogen (secondary N) is 1. The van der Waals surface area contributed by atoms with Crippen LogP contribution in [0.25, 0.3) is 0 Å². The van der Waals surface area contributed by atoms with Gasteiger partial charge in [0.25, 0.3) is 0 Å². The fourth-order valence-corrected chi connectivity index (χ4v) is 1.15. The van der Waals surface area contributed by atoms with Crippen LogP contribution in [-0.2, 0) is 6.42 Å². The van der Waals surface area contributed by atoms with E-state index >= 15 is 0 Å². The lowest BCUT2D eigenvalue weighted by atomic mass is 10.2. The van der Waals surface area contributed by atoms with Gasteiger partial charge in [0.15, 0.2) is 0 Å². The average Bonchev–Trinajstić information content (AvgIpc) is 2.57. The molecule has 1 aromatic heterocycles. The monoisotopic (exact) mass is 167 g/mol. The molecule has 1 heterocycles. The van der Waals surface area contributed by atoms with E-state index in [1.54, 1.807) is 6.26 Å². The molecule has 1 rings (SSSR count). The second-order valence-electron chi connectivity index (χ2n) is 2.99. The zero-order valence-corrected chi connectivity index (χ0v) is 7.68. The molecule has 0 fully saturated rings. The van der Waals surface area contributed by atoms with Crippen LogP contribution in [0.4, 0.5) is 0 Å². The van der Waals surface area contributed by atoms with Crippen LogP contribution < -0.4 is 5.32 Å². The zero-order valence-electron chi connectivity index (χ0n) is 7.68. The maximum atomic E-state index is 4.97. The van der Waals surface area contributed by atoms with E-state index < -0.39 is 0 Å². The molecule has 1 aromatic rings. The van der Waals surface area contributed by atoms with Gasteiger partial charge in [-0.2, -0.15) is 0 Å². The van der Waals surface area contributed by atoms with Gasteiger partial charge in [-0.25, -0.2) is 0 Å². The van der Waals surface area contributed by atoms with Gasteiger partial charge in [-0.3, -0.25) is 0 Å². The smallest absolute Gasteiger partial charge is 0.0934 e. The lowest BCUT2D eigenvalue weighted by Crippen LogP contribution is -2.16. The fraction of sp³-hybridized carbons (Fsp3) is 0.600. The Morgan fingerprint density at radius 3 is 3.00 bits per heavy atom. The van der Waals surface area contributed by atoms with Gasteiger partial charge in [0.05, 0.1) is 12.5 Å². The third kappa shape index (κ3) is 3.58. The van der Waals surface area contributed by atoms with Crippen molar-refractivity contribution in [2.75, 3.05) is 13.1 Å². The van der Waals surface area contributed by atoms with Crippen LogP contribution in [0.15, 0.2) is 23.0 Å². The molecule has 0 saturated carbocycles. The Hall–Kier alpha value is -0.760. The number of furan rings is 1. The summed E-state index contributed by atoms with van der Waals surface area (Å²) in [4.78, 5) is 0. The highest BCUT2D eigenvalue weighted by Crippen LogP contribution is 2.02. The first-order valence-corrected chi connectivity index (χ1v) is 4.65. The number of hydrogen-bond acceptors (Lipinski definition) is 2. The molecule has 0 amide bonds. The van der Waals surface area contributed by atoms with Crippen LogP contribution in [0.5, 0.6) is 0 Å². The molecule has 0 spiro atoms. The molecule has 2 heteroatoms. The van der Waals surface area contributed by atoms with E-state index in [2.05, 4.69) is 12.2 Å². The van der Waals surface area contributed by atoms with Crippen LogP contribution >= 0.6 is 0 Å². The average molecular weight is 167 g/mol. The molecular weight excluding hydrogens is 150 g/mol. The van der Waals surface area contributed by atoms with E-state index in [-0.39, 0.29) is 0 Å². The Labute approximate surface area is 74.0 Å². The van der Waals surface area contributed by atoms with Crippen molar-refractivity contribution < 1.29 is 4.42 Å². The number of hydrogen-bond donors (Lipinski definition) is 1. The molecular formula is C10H17NO. The summed E-state index contributed by atoms with van der Waals surface area (Å²) in [5.41, 5.74) is 1.30. The van der Waals surface area contributed by atoms with Crippen LogP contribution in [-0.4, -0.2) is 13.1 Å². The van der Waals surface area contributed by atoms with Gasteiger partial charge < -0.3 is 9.73 Å². The molecule has 1 N–H and O–H groups in total. The molecule has 0 saturated heterocycles. The van der Waals surface area contributed by atoms with Crippen molar-refractivity contribution in [2.45, 2.75) is 26.2 Å². The summed E-state index contributed by atoms with van der Waals surface area (Å²) >= 11 is 0. The molecule has 0 atom stereocenters. The topological polar surface area (TPSA) is 25.2 Å².